The number of fused-ring (bicyclic) bond motifs is 3. The van der Waals surface area contributed by atoms with Gasteiger partial charge in [-0.3, -0.25) is 9.98 Å². The maximum atomic E-state index is 6.52. The Labute approximate surface area is 195 Å². The molecule has 0 saturated carbocycles. The monoisotopic (exact) mass is 458 g/mol. The first-order valence-corrected chi connectivity index (χ1v) is 12.9. The summed E-state index contributed by atoms with van der Waals surface area (Å²) in [6.07, 6.45) is 3.51. The predicted molar refractivity (Wildman–Crippen MR) is 135 cm³/mol. The van der Waals surface area contributed by atoms with E-state index < -0.39 is 8.56 Å². The van der Waals surface area contributed by atoms with E-state index in [4.69, 9.17) is 28.3 Å². The van der Waals surface area contributed by atoms with Gasteiger partial charge in [-0.05, 0) is 54.6 Å². The number of hydrogen-bond donors (Lipinski definition) is 0. The number of ether oxygens (including phenoxy) is 2. The molecule has 0 bridgehead atoms. The van der Waals surface area contributed by atoms with E-state index in [0.29, 0.717) is 23.0 Å². The second kappa shape index (κ2) is 9.34. The summed E-state index contributed by atoms with van der Waals surface area (Å²) < 4.78 is 24.2. The van der Waals surface area contributed by atoms with Crippen LogP contribution in [-0.4, -0.2) is 35.2 Å². The molecule has 0 aromatic heterocycles. The van der Waals surface area contributed by atoms with Crippen LogP contribution in [0.2, 0.25) is 6.55 Å². The van der Waals surface area contributed by atoms with Crippen LogP contribution in [0.4, 0.5) is 11.4 Å². The lowest BCUT2D eigenvalue weighted by Gasteiger charge is -2.28. The Hall–Kier alpha value is -3.84. The van der Waals surface area contributed by atoms with Crippen molar-refractivity contribution in [1.82, 2.24) is 0 Å². The molecule has 4 rings (SSSR count). The summed E-state index contributed by atoms with van der Waals surface area (Å²) >= 11 is 0. The smallest absolute Gasteiger partial charge is 0.484 e. The van der Waals surface area contributed by atoms with Gasteiger partial charge in [0.1, 0.15) is 0 Å². The molecule has 1 aliphatic rings. The van der Waals surface area contributed by atoms with Crippen molar-refractivity contribution in [1.29, 1.82) is 0 Å². The van der Waals surface area contributed by atoms with Crippen LogP contribution >= 0.6 is 0 Å². The lowest BCUT2D eigenvalue weighted by Crippen LogP contribution is -2.44. The fourth-order valence-corrected chi connectivity index (χ4v) is 4.90. The minimum absolute atomic E-state index is 0.545. The molecule has 0 N–H and O–H groups in total. The van der Waals surface area contributed by atoms with E-state index in [0.717, 1.165) is 28.1 Å². The molecule has 0 spiro atoms. The van der Waals surface area contributed by atoms with Gasteiger partial charge in [-0.2, -0.15) is 0 Å². The van der Waals surface area contributed by atoms with Crippen LogP contribution in [0.15, 0.2) is 76.9 Å². The molecule has 1 atom stereocenters. The number of rotatable bonds is 3. The molecule has 6 nitrogen and oxygen atoms in total. The van der Waals surface area contributed by atoms with Crippen molar-refractivity contribution in [2.24, 2.45) is 9.98 Å². The van der Waals surface area contributed by atoms with Crippen LogP contribution in [-0.2, 0) is 0 Å². The first-order valence-electron chi connectivity index (χ1n) is 10.5. The lowest BCUT2D eigenvalue weighted by molar-refractivity contribution is 0.349. The van der Waals surface area contributed by atoms with Crippen molar-refractivity contribution in [3.8, 4) is 23.0 Å². The van der Waals surface area contributed by atoms with Crippen LogP contribution in [0.1, 0.15) is 16.7 Å². The zero-order chi connectivity index (χ0) is 23.4. The number of benzene rings is 3. The van der Waals surface area contributed by atoms with Crippen molar-refractivity contribution in [2.75, 3.05) is 14.2 Å². The Morgan fingerprint density at radius 1 is 0.818 bits per heavy atom. The van der Waals surface area contributed by atoms with Gasteiger partial charge in [0, 0.05) is 30.1 Å². The van der Waals surface area contributed by atoms with Crippen LogP contribution in [0.25, 0.3) is 0 Å². The largest absolute Gasteiger partial charge is 0.506 e. The van der Waals surface area contributed by atoms with Crippen LogP contribution in [0.5, 0.6) is 23.0 Å². The second-order valence-corrected chi connectivity index (χ2v) is 10.5. The van der Waals surface area contributed by atoms with Gasteiger partial charge in [-0.25, -0.2) is 0 Å². The SMILES string of the molecule is C=C[Si]1(C)Oc2c(cccc2OC)C=Nc2ccc(C)cc2N=Cc2cccc(OC)c2O1. The van der Waals surface area contributed by atoms with Gasteiger partial charge < -0.3 is 18.3 Å². The molecule has 3 aromatic carbocycles. The van der Waals surface area contributed by atoms with Gasteiger partial charge in [0.2, 0.25) is 0 Å². The normalized spacial score (nSPS) is 17.0. The standard InChI is InChI=1S/C26H26N2O4Si/c1-6-33(5)31-25-19(9-7-11-23(25)29-3)16-27-21-14-13-18(2)15-22(21)28-17-20-10-8-12-24(30-4)26(20)32-33/h6-17H,1H2,2-5H3. The maximum absolute atomic E-state index is 6.52. The van der Waals surface area contributed by atoms with Gasteiger partial charge in [-0.15, -0.1) is 6.58 Å². The second-order valence-electron chi connectivity index (χ2n) is 7.69. The first kappa shape index (κ1) is 22.4. The fraction of sp³-hybridized carbons (Fsp3) is 0.154. The van der Waals surface area contributed by atoms with Crippen LogP contribution in [0, 0.1) is 6.92 Å². The molecule has 1 heterocycles. The molecule has 0 saturated heterocycles. The molecule has 7 heteroatoms. The van der Waals surface area contributed by atoms with E-state index in [9.17, 15) is 0 Å². The van der Waals surface area contributed by atoms with E-state index in [2.05, 4.69) is 6.58 Å². The summed E-state index contributed by atoms with van der Waals surface area (Å²) in [5.74, 6) is 2.25. The number of aliphatic imine (C=N–C) groups is 2. The molecule has 3 aromatic rings. The first-order chi connectivity index (χ1) is 16.0. The minimum Gasteiger partial charge on any atom is -0.506 e. The average molecular weight is 459 g/mol. The molecule has 0 fully saturated rings. The van der Waals surface area contributed by atoms with Crippen molar-refractivity contribution in [3.63, 3.8) is 0 Å². The lowest BCUT2D eigenvalue weighted by atomic mass is 10.1. The van der Waals surface area contributed by atoms with Crippen molar-refractivity contribution >= 4 is 32.4 Å². The summed E-state index contributed by atoms with van der Waals surface area (Å²) in [6.45, 7) is 7.94. The fourth-order valence-electron chi connectivity index (χ4n) is 3.44. The summed E-state index contributed by atoms with van der Waals surface area (Å²) in [4.78, 5) is 9.46. The quantitative estimate of drug-likeness (QED) is 0.446. The maximum Gasteiger partial charge on any atom is 0.484 e. The van der Waals surface area contributed by atoms with Gasteiger partial charge >= 0.3 is 8.56 Å². The topological polar surface area (TPSA) is 61.6 Å². The average Bonchev–Trinajstić information content (AvgIpc) is 2.83. The highest BCUT2D eigenvalue weighted by molar-refractivity contribution is 6.72. The zero-order valence-corrected chi connectivity index (χ0v) is 20.2. The number of para-hydroxylation sites is 2. The highest BCUT2D eigenvalue weighted by atomic mass is 28.4. The summed E-state index contributed by atoms with van der Waals surface area (Å²) in [5.41, 5.74) is 5.81. The Morgan fingerprint density at radius 3 is 1.88 bits per heavy atom. The third-order valence-corrected chi connectivity index (χ3v) is 7.22. The number of hydrogen-bond acceptors (Lipinski definition) is 6. The third kappa shape index (κ3) is 4.68. The highest BCUT2D eigenvalue weighted by Gasteiger charge is 2.36. The van der Waals surface area contributed by atoms with Gasteiger partial charge in [0.25, 0.3) is 0 Å². The van der Waals surface area contributed by atoms with E-state index in [-0.39, 0.29) is 0 Å². The minimum atomic E-state index is -3.01. The summed E-state index contributed by atoms with van der Waals surface area (Å²) in [5, 5.41) is 0. The van der Waals surface area contributed by atoms with Crippen molar-refractivity contribution in [2.45, 2.75) is 13.5 Å². The molecule has 0 aliphatic carbocycles. The Bertz CT molecular complexity index is 1260. The van der Waals surface area contributed by atoms with Crippen LogP contribution < -0.4 is 18.3 Å². The number of aryl methyl sites for hydroxylation is 1. The third-order valence-electron chi connectivity index (χ3n) is 5.26. The Morgan fingerprint density at radius 2 is 1.36 bits per heavy atom. The molecule has 1 aliphatic heterocycles. The predicted octanol–water partition coefficient (Wildman–Crippen LogP) is 6.08. The summed E-state index contributed by atoms with van der Waals surface area (Å²) in [6, 6.07) is 17.3. The zero-order valence-electron chi connectivity index (χ0n) is 19.2. The van der Waals surface area contributed by atoms with E-state index >= 15 is 0 Å². The molecule has 0 amide bonds. The molecular weight excluding hydrogens is 432 g/mol. The van der Waals surface area contributed by atoms with E-state index in [1.165, 1.54) is 0 Å². The van der Waals surface area contributed by atoms with Gasteiger partial charge in [0.05, 0.1) is 25.6 Å². The Kier molecular flexibility index (Phi) is 6.33. The van der Waals surface area contributed by atoms with Gasteiger partial charge in [-0.1, -0.05) is 18.2 Å². The highest BCUT2D eigenvalue weighted by Crippen LogP contribution is 2.38. The van der Waals surface area contributed by atoms with Crippen molar-refractivity contribution < 1.29 is 18.3 Å². The van der Waals surface area contributed by atoms with Crippen LogP contribution in [0.3, 0.4) is 0 Å². The molecule has 0 radical (unpaired) electrons. The summed E-state index contributed by atoms with van der Waals surface area (Å²) in [7, 11) is 0.204. The molecule has 168 valence electrons. The Balaban J connectivity index is 1.99. The number of methoxy groups -OCH3 is 2. The molecule has 1 unspecified atom stereocenters. The molecule has 33 heavy (non-hydrogen) atoms. The van der Waals surface area contributed by atoms with Gasteiger partial charge in [0.15, 0.2) is 23.0 Å². The van der Waals surface area contributed by atoms with E-state index in [1.807, 2.05) is 68.1 Å². The number of nitrogens with zero attached hydrogens (tertiary/aromatic N) is 2. The van der Waals surface area contributed by atoms with E-state index in [1.54, 1.807) is 32.3 Å². The van der Waals surface area contributed by atoms with Crippen molar-refractivity contribution in [3.05, 3.63) is 83.6 Å². The molecular formula is C26H26N2O4Si.